The first kappa shape index (κ1) is 34.0. The molecule has 0 atom stereocenters. The fraction of sp³-hybridized carbons (Fsp3) is 0.389. The Labute approximate surface area is 270 Å². The Morgan fingerprint density at radius 2 is 0.804 bits per heavy atom. The van der Waals surface area contributed by atoms with E-state index >= 15 is 0 Å². The van der Waals surface area contributed by atoms with Crippen LogP contribution >= 0.6 is 0 Å². The average Bonchev–Trinajstić information content (AvgIpc) is 2.96. The first-order valence-corrected chi connectivity index (χ1v) is 14.9. The second-order valence-electron chi connectivity index (χ2n) is 13.0. The van der Waals surface area contributed by atoms with Crippen molar-refractivity contribution < 1.29 is 38.0 Å². The van der Waals surface area contributed by atoms with Crippen LogP contribution in [0.15, 0.2) is 48.5 Å². The molecule has 0 aromatic heterocycles. The summed E-state index contributed by atoms with van der Waals surface area (Å²) in [6.07, 6.45) is -1.55. The van der Waals surface area contributed by atoms with E-state index < -0.39 is 23.4 Å². The number of carbonyl (C=O) groups excluding carboxylic acids is 2. The van der Waals surface area contributed by atoms with Crippen molar-refractivity contribution in [1.29, 1.82) is 0 Å². The Balaban J connectivity index is 2.05. The molecule has 10 nitrogen and oxygen atoms in total. The third-order valence-electron chi connectivity index (χ3n) is 7.12. The van der Waals surface area contributed by atoms with E-state index in [1.807, 2.05) is 50.2 Å². The van der Waals surface area contributed by atoms with E-state index in [1.54, 1.807) is 82.1 Å². The molecular weight excluding hydrogens is 588 g/mol. The van der Waals surface area contributed by atoms with Crippen molar-refractivity contribution in [3.63, 3.8) is 0 Å². The highest BCUT2D eigenvalue weighted by Crippen LogP contribution is 2.40. The van der Waals surface area contributed by atoms with E-state index in [9.17, 15) is 9.59 Å². The quantitative estimate of drug-likeness (QED) is 0.195. The van der Waals surface area contributed by atoms with Crippen molar-refractivity contribution >= 4 is 45.1 Å². The summed E-state index contributed by atoms with van der Waals surface area (Å²) in [5.41, 5.74) is 0.668. The van der Waals surface area contributed by atoms with Crippen LogP contribution in [0.2, 0.25) is 0 Å². The van der Waals surface area contributed by atoms with E-state index in [2.05, 4.69) is 0 Å². The lowest BCUT2D eigenvalue weighted by molar-refractivity contribution is 0.0479. The number of hydrazine groups is 1. The number of hydrogen-bond donors (Lipinski definition) is 0. The Morgan fingerprint density at radius 3 is 1.09 bits per heavy atom. The number of fused-ring (bicyclic) bond motifs is 2. The largest absolute Gasteiger partial charge is 0.493 e. The molecule has 0 saturated carbocycles. The number of hydrogen-bond acceptors (Lipinski definition) is 8. The Hall–Kier alpha value is -4.86. The van der Waals surface area contributed by atoms with E-state index in [0.717, 1.165) is 32.7 Å². The number of rotatable bonds is 6. The summed E-state index contributed by atoms with van der Waals surface area (Å²) in [5, 5.41) is 5.72. The maximum absolute atomic E-state index is 14.2. The lowest BCUT2D eigenvalue weighted by Gasteiger charge is -2.37. The maximum atomic E-state index is 14.2. The highest BCUT2D eigenvalue weighted by atomic mass is 16.6. The number of nitrogens with zero attached hydrogens (tertiary/aromatic N) is 2. The summed E-state index contributed by atoms with van der Waals surface area (Å²) < 4.78 is 34.0. The maximum Gasteiger partial charge on any atom is 0.434 e. The van der Waals surface area contributed by atoms with Gasteiger partial charge in [0.25, 0.3) is 0 Å². The van der Waals surface area contributed by atoms with Gasteiger partial charge < -0.3 is 28.4 Å². The van der Waals surface area contributed by atoms with Gasteiger partial charge in [-0.3, -0.25) is 0 Å². The smallest absolute Gasteiger partial charge is 0.434 e. The van der Waals surface area contributed by atoms with Crippen molar-refractivity contribution in [3.05, 3.63) is 59.7 Å². The van der Waals surface area contributed by atoms with E-state index in [4.69, 9.17) is 28.4 Å². The fourth-order valence-electron chi connectivity index (χ4n) is 5.17. The lowest BCUT2D eigenvalue weighted by atomic mass is 10.0. The molecular formula is C36H44N2O8. The topological polar surface area (TPSA) is 96.0 Å². The third-order valence-corrected chi connectivity index (χ3v) is 7.12. The van der Waals surface area contributed by atoms with Crippen LogP contribution in [-0.4, -0.2) is 51.8 Å². The normalized spacial score (nSPS) is 11.7. The van der Waals surface area contributed by atoms with Crippen LogP contribution in [0.1, 0.15) is 52.7 Å². The molecule has 0 fully saturated rings. The molecule has 246 valence electrons. The molecule has 4 aromatic rings. The summed E-state index contributed by atoms with van der Waals surface area (Å²) in [4.78, 5) is 28.4. The lowest BCUT2D eigenvalue weighted by Crippen LogP contribution is -2.53. The molecule has 0 aliphatic heterocycles. The van der Waals surface area contributed by atoms with Crippen LogP contribution < -0.4 is 29.0 Å². The van der Waals surface area contributed by atoms with Crippen LogP contribution in [0.3, 0.4) is 0 Å². The summed E-state index contributed by atoms with van der Waals surface area (Å²) in [6, 6.07) is 14.6. The van der Waals surface area contributed by atoms with Crippen molar-refractivity contribution in [1.82, 2.24) is 0 Å². The second-order valence-corrected chi connectivity index (χ2v) is 13.0. The molecule has 2 amide bonds. The van der Waals surface area contributed by atoms with Gasteiger partial charge in [-0.2, -0.15) is 10.0 Å². The Bertz CT molecular complexity index is 1650. The summed E-state index contributed by atoms with van der Waals surface area (Å²) in [6.45, 7) is 14.4. The van der Waals surface area contributed by atoms with Crippen LogP contribution in [0.4, 0.5) is 21.0 Å². The first-order valence-electron chi connectivity index (χ1n) is 14.9. The highest BCUT2D eigenvalue weighted by molar-refractivity contribution is 6.05. The van der Waals surface area contributed by atoms with Crippen LogP contribution in [0.25, 0.3) is 21.5 Å². The molecule has 4 rings (SSSR count). The molecule has 0 unspecified atom stereocenters. The number of anilines is 2. The summed E-state index contributed by atoms with van der Waals surface area (Å²) in [5.74, 6) is 2.19. The molecule has 46 heavy (non-hydrogen) atoms. The second kappa shape index (κ2) is 12.9. The minimum absolute atomic E-state index is 0.377. The number of methoxy groups -OCH3 is 4. The summed E-state index contributed by atoms with van der Waals surface area (Å²) in [7, 11) is 6.27. The molecule has 0 saturated heterocycles. The van der Waals surface area contributed by atoms with Gasteiger partial charge in [-0.25, -0.2) is 9.59 Å². The predicted molar refractivity (Wildman–Crippen MR) is 181 cm³/mol. The van der Waals surface area contributed by atoms with Gasteiger partial charge in [-0.05, 0) is 137 Å². The van der Waals surface area contributed by atoms with Gasteiger partial charge in [-0.1, -0.05) is 0 Å². The zero-order valence-corrected chi connectivity index (χ0v) is 28.8. The molecule has 0 heterocycles. The molecule has 4 aromatic carbocycles. The van der Waals surface area contributed by atoms with Crippen LogP contribution in [-0.2, 0) is 9.47 Å². The van der Waals surface area contributed by atoms with Crippen LogP contribution in [0.5, 0.6) is 23.0 Å². The highest BCUT2D eigenvalue weighted by Gasteiger charge is 2.36. The van der Waals surface area contributed by atoms with E-state index in [0.29, 0.717) is 34.4 Å². The number of carbonyl (C=O) groups is 2. The molecule has 0 aliphatic carbocycles. The first-order chi connectivity index (χ1) is 21.5. The van der Waals surface area contributed by atoms with Crippen molar-refractivity contribution in [2.75, 3.05) is 38.5 Å². The van der Waals surface area contributed by atoms with Gasteiger partial charge in [-0.15, -0.1) is 0 Å². The predicted octanol–water partition coefficient (Wildman–Crippen LogP) is 8.74. The van der Waals surface area contributed by atoms with Gasteiger partial charge in [0.05, 0.1) is 39.8 Å². The Kier molecular flexibility index (Phi) is 9.51. The van der Waals surface area contributed by atoms with Gasteiger partial charge in [0.15, 0.2) is 23.0 Å². The van der Waals surface area contributed by atoms with Gasteiger partial charge in [0.1, 0.15) is 11.2 Å². The van der Waals surface area contributed by atoms with Gasteiger partial charge in [0.2, 0.25) is 0 Å². The Morgan fingerprint density at radius 1 is 0.500 bits per heavy atom. The monoisotopic (exact) mass is 632 g/mol. The third kappa shape index (κ3) is 7.17. The molecule has 0 radical (unpaired) electrons. The molecule has 0 bridgehead atoms. The van der Waals surface area contributed by atoms with Gasteiger partial charge >= 0.3 is 12.2 Å². The van der Waals surface area contributed by atoms with Gasteiger partial charge in [0, 0.05) is 0 Å². The minimum atomic E-state index is -0.874. The van der Waals surface area contributed by atoms with Crippen molar-refractivity contribution in [2.24, 2.45) is 0 Å². The zero-order valence-electron chi connectivity index (χ0n) is 28.8. The number of ether oxygens (including phenoxy) is 6. The summed E-state index contributed by atoms with van der Waals surface area (Å²) >= 11 is 0. The van der Waals surface area contributed by atoms with Crippen molar-refractivity contribution in [2.45, 2.75) is 66.6 Å². The average molecular weight is 633 g/mol. The number of benzene rings is 4. The standard InChI is InChI=1S/C36H44N2O8/c1-21-13-25(15-23-17-29(41-9)31(43-11)19-27(21)23)37(33(39)45-35(3,4)5)38(34(40)46-36(6,7)8)26-14-22(2)28-20-32(44-12)30(42-10)18-24(28)16-26/h13-20H,1-12H3. The van der Waals surface area contributed by atoms with E-state index in [1.165, 1.54) is 10.0 Å². The zero-order chi connectivity index (χ0) is 34.1. The number of aryl methyl sites for hydroxylation is 2. The fourth-order valence-corrected chi connectivity index (χ4v) is 5.17. The minimum Gasteiger partial charge on any atom is -0.493 e. The van der Waals surface area contributed by atoms with Crippen LogP contribution in [0, 0.1) is 13.8 Å². The molecule has 10 heteroatoms. The molecule has 0 spiro atoms. The van der Waals surface area contributed by atoms with E-state index in [-0.39, 0.29) is 0 Å². The number of amides is 2. The molecule has 0 N–H and O–H groups in total. The molecule has 0 aliphatic rings. The van der Waals surface area contributed by atoms with Crippen molar-refractivity contribution in [3.8, 4) is 23.0 Å². The SMILES string of the molecule is COc1cc2cc(N(C(=O)OC(C)(C)C)N(C(=O)OC(C)(C)C)c3cc(C)c4cc(OC)c(OC)cc4c3)cc(C)c2cc1OC.